The second-order valence-electron chi connectivity index (χ2n) is 2.32. The van der Waals surface area contributed by atoms with E-state index in [0.717, 1.165) is 10.6 Å². The number of ether oxygens (including phenoxy) is 1. The first-order valence-electron chi connectivity index (χ1n) is 3.59. The monoisotopic (exact) mass is 185 g/mol. The largest absolute Gasteiger partial charge is 0.496 e. The molecule has 4 heteroatoms. The minimum absolute atomic E-state index is 0.0227. The van der Waals surface area contributed by atoms with Gasteiger partial charge in [0.15, 0.2) is 0 Å². The lowest BCUT2D eigenvalue weighted by molar-refractivity contribution is -0.119. The Kier molecular flexibility index (Phi) is 3.10. The molecule has 0 fully saturated rings. The third-order valence-electron chi connectivity index (χ3n) is 1.42. The fourth-order valence-corrected chi connectivity index (χ4v) is 1.62. The molecule has 1 amide bonds. The molecular weight excluding hydrogens is 174 g/mol. The van der Waals surface area contributed by atoms with Gasteiger partial charge in [-0.1, -0.05) is 0 Å². The van der Waals surface area contributed by atoms with Crippen molar-refractivity contribution < 1.29 is 9.53 Å². The third-order valence-corrected chi connectivity index (χ3v) is 2.32. The zero-order chi connectivity index (χ0) is 8.97. The van der Waals surface area contributed by atoms with Crippen molar-refractivity contribution in [2.75, 3.05) is 7.11 Å². The van der Waals surface area contributed by atoms with E-state index < -0.39 is 0 Å². The van der Waals surface area contributed by atoms with E-state index >= 15 is 0 Å². The normalized spacial score (nSPS) is 9.50. The van der Waals surface area contributed by atoms with Gasteiger partial charge in [-0.05, 0) is 11.4 Å². The van der Waals surface area contributed by atoms with Gasteiger partial charge >= 0.3 is 0 Å². The number of rotatable bonds is 3. The summed E-state index contributed by atoms with van der Waals surface area (Å²) in [5.74, 6) is 0.819. The summed E-state index contributed by atoms with van der Waals surface area (Å²) in [5.41, 5.74) is 0. The van der Waals surface area contributed by atoms with Gasteiger partial charge in [0, 0.05) is 6.92 Å². The van der Waals surface area contributed by atoms with Crippen LogP contribution in [-0.2, 0) is 11.3 Å². The van der Waals surface area contributed by atoms with Crippen molar-refractivity contribution in [3.63, 3.8) is 0 Å². The minimum Gasteiger partial charge on any atom is -0.496 e. The summed E-state index contributed by atoms with van der Waals surface area (Å²) in [5, 5.41) is 4.65. The fourth-order valence-electron chi connectivity index (χ4n) is 0.844. The van der Waals surface area contributed by atoms with E-state index in [1.165, 1.54) is 6.92 Å². The second-order valence-corrected chi connectivity index (χ2v) is 3.32. The number of methoxy groups -OCH3 is 1. The molecule has 0 aliphatic heterocycles. The standard InChI is InChI=1S/C8H11NO2S/c1-6(10)9-5-8-7(11-2)3-4-12-8/h3-4H,5H2,1-2H3,(H,9,10). The topological polar surface area (TPSA) is 38.3 Å². The second kappa shape index (κ2) is 4.11. The summed E-state index contributed by atoms with van der Waals surface area (Å²) in [6.45, 7) is 2.05. The molecule has 0 aliphatic carbocycles. The Morgan fingerprint density at radius 1 is 1.75 bits per heavy atom. The van der Waals surface area contributed by atoms with Gasteiger partial charge in [0.25, 0.3) is 0 Å². The van der Waals surface area contributed by atoms with Crippen molar-refractivity contribution >= 4 is 17.2 Å². The first kappa shape index (κ1) is 9.06. The van der Waals surface area contributed by atoms with E-state index in [4.69, 9.17) is 4.74 Å². The molecule has 0 aromatic carbocycles. The molecule has 0 unspecified atom stereocenters. The molecule has 0 spiro atoms. The zero-order valence-electron chi connectivity index (χ0n) is 7.09. The van der Waals surface area contributed by atoms with Crippen LogP contribution in [0, 0.1) is 0 Å². The summed E-state index contributed by atoms with van der Waals surface area (Å²) in [7, 11) is 1.62. The number of carbonyl (C=O) groups excluding carboxylic acids is 1. The van der Waals surface area contributed by atoms with Crippen LogP contribution in [0.4, 0.5) is 0 Å². The van der Waals surface area contributed by atoms with E-state index in [2.05, 4.69) is 5.32 Å². The van der Waals surface area contributed by atoms with Crippen molar-refractivity contribution in [2.45, 2.75) is 13.5 Å². The number of thiophene rings is 1. The average Bonchev–Trinajstić information content (AvgIpc) is 2.47. The number of amides is 1. The Labute approximate surface area is 75.4 Å². The number of hydrogen-bond acceptors (Lipinski definition) is 3. The fraction of sp³-hybridized carbons (Fsp3) is 0.375. The van der Waals surface area contributed by atoms with E-state index in [1.54, 1.807) is 18.4 Å². The molecule has 3 nitrogen and oxygen atoms in total. The van der Waals surface area contributed by atoms with Crippen LogP contribution < -0.4 is 10.1 Å². The van der Waals surface area contributed by atoms with Gasteiger partial charge in [-0.25, -0.2) is 0 Å². The van der Waals surface area contributed by atoms with Gasteiger partial charge in [0.2, 0.25) is 5.91 Å². The Hall–Kier alpha value is -1.03. The van der Waals surface area contributed by atoms with Crippen molar-refractivity contribution in [1.29, 1.82) is 0 Å². The Morgan fingerprint density at radius 2 is 2.50 bits per heavy atom. The van der Waals surface area contributed by atoms with Gasteiger partial charge < -0.3 is 10.1 Å². The van der Waals surface area contributed by atoms with Crippen LogP contribution in [0.1, 0.15) is 11.8 Å². The molecule has 1 rings (SSSR count). The van der Waals surface area contributed by atoms with Crippen LogP contribution in [0.15, 0.2) is 11.4 Å². The number of nitrogens with one attached hydrogen (secondary N) is 1. The first-order valence-corrected chi connectivity index (χ1v) is 4.47. The van der Waals surface area contributed by atoms with Gasteiger partial charge in [0.1, 0.15) is 5.75 Å². The summed E-state index contributed by atoms with van der Waals surface area (Å²) >= 11 is 1.58. The van der Waals surface area contributed by atoms with Gasteiger partial charge in [-0.3, -0.25) is 4.79 Å². The first-order chi connectivity index (χ1) is 5.74. The smallest absolute Gasteiger partial charge is 0.217 e. The highest BCUT2D eigenvalue weighted by molar-refractivity contribution is 7.10. The van der Waals surface area contributed by atoms with E-state index in [0.29, 0.717) is 6.54 Å². The van der Waals surface area contributed by atoms with Gasteiger partial charge in [0.05, 0.1) is 18.5 Å². The molecule has 1 aromatic heterocycles. The SMILES string of the molecule is COc1ccsc1CNC(C)=O. The molecule has 1 heterocycles. The Bertz CT molecular complexity index is 270. The highest BCUT2D eigenvalue weighted by Crippen LogP contribution is 2.23. The molecule has 0 aliphatic rings. The number of hydrogen-bond donors (Lipinski definition) is 1. The third kappa shape index (κ3) is 2.23. The highest BCUT2D eigenvalue weighted by atomic mass is 32.1. The average molecular weight is 185 g/mol. The van der Waals surface area contributed by atoms with Gasteiger partial charge in [-0.2, -0.15) is 0 Å². The van der Waals surface area contributed by atoms with Crippen LogP contribution in [-0.4, -0.2) is 13.0 Å². The Balaban J connectivity index is 2.56. The van der Waals surface area contributed by atoms with E-state index in [9.17, 15) is 4.79 Å². The van der Waals surface area contributed by atoms with Crippen molar-refractivity contribution in [1.82, 2.24) is 5.32 Å². The maximum absolute atomic E-state index is 10.6. The predicted octanol–water partition coefficient (Wildman–Crippen LogP) is 1.39. The van der Waals surface area contributed by atoms with Crippen LogP contribution >= 0.6 is 11.3 Å². The molecule has 66 valence electrons. The zero-order valence-corrected chi connectivity index (χ0v) is 7.90. The predicted molar refractivity (Wildman–Crippen MR) is 48.4 cm³/mol. The van der Waals surface area contributed by atoms with E-state index in [1.807, 2.05) is 11.4 Å². The highest BCUT2D eigenvalue weighted by Gasteiger charge is 2.03. The van der Waals surface area contributed by atoms with Crippen LogP contribution in [0.3, 0.4) is 0 Å². The maximum atomic E-state index is 10.6. The quantitative estimate of drug-likeness (QED) is 0.772. The molecule has 0 saturated heterocycles. The van der Waals surface area contributed by atoms with Crippen LogP contribution in [0.5, 0.6) is 5.75 Å². The number of carbonyl (C=O) groups is 1. The summed E-state index contributed by atoms with van der Waals surface area (Å²) in [4.78, 5) is 11.6. The van der Waals surface area contributed by atoms with Gasteiger partial charge in [-0.15, -0.1) is 11.3 Å². The molecule has 12 heavy (non-hydrogen) atoms. The van der Waals surface area contributed by atoms with Crippen molar-refractivity contribution in [3.8, 4) is 5.75 Å². The molecule has 0 bridgehead atoms. The molecule has 0 radical (unpaired) electrons. The minimum atomic E-state index is -0.0227. The van der Waals surface area contributed by atoms with Crippen LogP contribution in [0.2, 0.25) is 0 Å². The molecule has 1 N–H and O–H groups in total. The maximum Gasteiger partial charge on any atom is 0.217 e. The Morgan fingerprint density at radius 3 is 3.08 bits per heavy atom. The van der Waals surface area contributed by atoms with E-state index in [-0.39, 0.29) is 5.91 Å². The van der Waals surface area contributed by atoms with Crippen molar-refractivity contribution in [3.05, 3.63) is 16.3 Å². The lowest BCUT2D eigenvalue weighted by Crippen LogP contribution is -2.18. The van der Waals surface area contributed by atoms with Crippen LogP contribution in [0.25, 0.3) is 0 Å². The molecule has 1 aromatic rings. The molecule has 0 atom stereocenters. The summed E-state index contributed by atoms with van der Waals surface area (Å²) < 4.78 is 5.08. The molecule has 0 saturated carbocycles. The molecular formula is C8H11NO2S. The lowest BCUT2D eigenvalue weighted by Gasteiger charge is -2.02. The summed E-state index contributed by atoms with van der Waals surface area (Å²) in [6, 6.07) is 1.89. The summed E-state index contributed by atoms with van der Waals surface area (Å²) in [6.07, 6.45) is 0. The van der Waals surface area contributed by atoms with Crippen molar-refractivity contribution in [2.24, 2.45) is 0 Å². The lowest BCUT2D eigenvalue weighted by atomic mass is 10.4.